The molecule has 5 rings (SSSR count). The van der Waals surface area contributed by atoms with Crippen molar-refractivity contribution >= 4 is 29.3 Å². The van der Waals surface area contributed by atoms with E-state index < -0.39 is 11.9 Å². The minimum atomic E-state index is -0.643. The van der Waals surface area contributed by atoms with Crippen LogP contribution in [-0.4, -0.2) is 45.3 Å². The van der Waals surface area contributed by atoms with Gasteiger partial charge in [-0.1, -0.05) is 17.7 Å². The second-order valence-corrected chi connectivity index (χ2v) is 8.64. The summed E-state index contributed by atoms with van der Waals surface area (Å²) in [5.41, 5.74) is 4.70. The van der Waals surface area contributed by atoms with Gasteiger partial charge in [0.15, 0.2) is 0 Å². The molecule has 3 heterocycles. The Morgan fingerprint density at radius 2 is 1.94 bits per heavy atom. The van der Waals surface area contributed by atoms with Crippen LogP contribution in [0, 0.1) is 0 Å². The molecule has 8 nitrogen and oxygen atoms in total. The zero-order valence-electron chi connectivity index (χ0n) is 18.1. The molecule has 2 aliphatic heterocycles. The van der Waals surface area contributed by atoms with Crippen LogP contribution < -0.4 is 10.1 Å². The number of rotatable bonds is 4. The lowest BCUT2D eigenvalue weighted by Crippen LogP contribution is -2.52. The smallest absolute Gasteiger partial charge is 0.255 e. The molecule has 0 saturated carbocycles. The predicted molar refractivity (Wildman–Crippen MR) is 122 cm³/mol. The first-order valence-corrected chi connectivity index (χ1v) is 10.9. The van der Waals surface area contributed by atoms with Crippen molar-refractivity contribution in [1.29, 1.82) is 0 Å². The molecule has 0 radical (unpaired) electrons. The monoisotopic (exact) mass is 464 g/mol. The van der Waals surface area contributed by atoms with E-state index in [1.165, 1.54) is 4.90 Å². The van der Waals surface area contributed by atoms with Crippen molar-refractivity contribution in [3.63, 3.8) is 0 Å². The van der Waals surface area contributed by atoms with Crippen LogP contribution in [0.25, 0.3) is 22.5 Å². The van der Waals surface area contributed by atoms with Crippen molar-refractivity contribution in [2.75, 3.05) is 7.11 Å². The molecule has 168 valence electrons. The summed E-state index contributed by atoms with van der Waals surface area (Å²) in [5, 5.41) is 2.88. The maximum absolute atomic E-state index is 13.0. The van der Waals surface area contributed by atoms with Crippen LogP contribution in [0.5, 0.6) is 5.75 Å². The standard InChI is InChI=1S/C24H21ClN4O4/c1-28-12-26-21(22(28)14-8-16(25)10-17(9-14)33-2)13-3-4-18-15(7-13)11-29(24(18)32)19-5-6-20(30)27-23(19)31/h3-4,7-10,12,19H,5-6,11H2,1-2H3,(H,27,30,31). The van der Waals surface area contributed by atoms with Gasteiger partial charge in [0.1, 0.15) is 11.8 Å². The number of imidazole rings is 1. The van der Waals surface area contributed by atoms with Crippen molar-refractivity contribution in [2.45, 2.75) is 25.4 Å². The number of piperidine rings is 1. The molecule has 2 aliphatic rings. The Bertz CT molecular complexity index is 1320. The quantitative estimate of drug-likeness (QED) is 0.598. The summed E-state index contributed by atoms with van der Waals surface area (Å²) in [5.74, 6) is -0.284. The molecule has 3 aromatic rings. The van der Waals surface area contributed by atoms with Gasteiger partial charge >= 0.3 is 0 Å². The number of imide groups is 1. The molecule has 9 heteroatoms. The van der Waals surface area contributed by atoms with E-state index in [1.54, 1.807) is 25.6 Å². The molecule has 1 atom stereocenters. The number of aryl methyl sites for hydroxylation is 1. The lowest BCUT2D eigenvalue weighted by atomic mass is 10.0. The highest BCUT2D eigenvalue weighted by Gasteiger charge is 2.39. The summed E-state index contributed by atoms with van der Waals surface area (Å²) in [6.07, 6.45) is 2.28. The van der Waals surface area contributed by atoms with Crippen molar-refractivity contribution < 1.29 is 19.1 Å². The van der Waals surface area contributed by atoms with Crippen molar-refractivity contribution in [3.8, 4) is 28.3 Å². The van der Waals surface area contributed by atoms with Gasteiger partial charge in [0, 0.05) is 41.7 Å². The summed E-state index contributed by atoms with van der Waals surface area (Å²) in [4.78, 5) is 42.9. The fraction of sp³-hybridized carbons (Fsp3) is 0.250. The van der Waals surface area contributed by atoms with Crippen LogP contribution in [0.1, 0.15) is 28.8 Å². The Morgan fingerprint density at radius 3 is 2.70 bits per heavy atom. The molecule has 2 aromatic carbocycles. The number of benzene rings is 2. The van der Waals surface area contributed by atoms with Gasteiger partial charge in [-0.25, -0.2) is 4.98 Å². The van der Waals surface area contributed by atoms with E-state index in [0.717, 1.165) is 28.1 Å². The van der Waals surface area contributed by atoms with Gasteiger partial charge in [0.2, 0.25) is 11.8 Å². The van der Waals surface area contributed by atoms with E-state index in [2.05, 4.69) is 10.3 Å². The number of nitrogens with one attached hydrogen (secondary N) is 1. The summed E-state index contributed by atoms with van der Waals surface area (Å²) >= 11 is 6.29. The highest BCUT2D eigenvalue weighted by atomic mass is 35.5. The van der Waals surface area contributed by atoms with Gasteiger partial charge in [-0.2, -0.15) is 0 Å². The van der Waals surface area contributed by atoms with Gasteiger partial charge in [-0.3, -0.25) is 19.7 Å². The predicted octanol–water partition coefficient (Wildman–Crippen LogP) is 3.18. The summed E-state index contributed by atoms with van der Waals surface area (Å²) < 4.78 is 7.28. The average Bonchev–Trinajstić information content (AvgIpc) is 3.33. The third-order valence-electron chi connectivity index (χ3n) is 6.11. The number of amides is 3. The summed E-state index contributed by atoms with van der Waals surface area (Å²) in [6.45, 7) is 0.307. The van der Waals surface area contributed by atoms with Crippen LogP contribution in [0.4, 0.5) is 0 Å². The summed E-state index contributed by atoms with van der Waals surface area (Å²) in [6, 6.07) is 10.4. The Kier molecular flexibility index (Phi) is 5.17. The number of halogens is 1. The molecule has 0 aliphatic carbocycles. The fourth-order valence-electron chi connectivity index (χ4n) is 4.52. The van der Waals surface area contributed by atoms with Gasteiger partial charge in [0.25, 0.3) is 5.91 Å². The van der Waals surface area contributed by atoms with Crippen molar-refractivity contribution in [1.82, 2.24) is 19.8 Å². The molecule has 1 unspecified atom stereocenters. The topological polar surface area (TPSA) is 93.5 Å². The molecule has 1 N–H and O–H groups in total. The second-order valence-electron chi connectivity index (χ2n) is 8.20. The molecule has 0 spiro atoms. The lowest BCUT2D eigenvalue weighted by Gasteiger charge is -2.29. The average molecular weight is 465 g/mol. The van der Waals surface area contributed by atoms with E-state index >= 15 is 0 Å². The second kappa shape index (κ2) is 8.04. The SMILES string of the molecule is COc1cc(Cl)cc(-c2c(-c3ccc4c(c3)CN(C3CCC(=O)NC3=O)C4=O)ncn2C)c1. The van der Waals surface area contributed by atoms with Crippen LogP contribution in [0.3, 0.4) is 0 Å². The van der Waals surface area contributed by atoms with Crippen molar-refractivity contribution in [2.24, 2.45) is 7.05 Å². The number of aromatic nitrogens is 2. The maximum Gasteiger partial charge on any atom is 0.255 e. The van der Waals surface area contributed by atoms with E-state index in [9.17, 15) is 14.4 Å². The Morgan fingerprint density at radius 1 is 1.12 bits per heavy atom. The first-order chi connectivity index (χ1) is 15.9. The van der Waals surface area contributed by atoms with E-state index in [-0.39, 0.29) is 18.2 Å². The van der Waals surface area contributed by atoms with Crippen LogP contribution in [0.2, 0.25) is 5.02 Å². The lowest BCUT2D eigenvalue weighted by molar-refractivity contribution is -0.136. The number of hydrogen-bond donors (Lipinski definition) is 1. The van der Waals surface area contributed by atoms with Gasteiger partial charge in [-0.15, -0.1) is 0 Å². The van der Waals surface area contributed by atoms with Gasteiger partial charge in [0.05, 0.1) is 24.8 Å². The highest BCUT2D eigenvalue weighted by molar-refractivity contribution is 6.31. The van der Waals surface area contributed by atoms with E-state index in [1.807, 2.05) is 35.9 Å². The molecule has 33 heavy (non-hydrogen) atoms. The number of ether oxygens (including phenoxy) is 1. The molecule has 3 amide bonds. The van der Waals surface area contributed by atoms with Gasteiger partial charge in [-0.05, 0) is 42.3 Å². The van der Waals surface area contributed by atoms with E-state index in [4.69, 9.17) is 16.3 Å². The van der Waals surface area contributed by atoms with Crippen molar-refractivity contribution in [3.05, 3.63) is 58.9 Å². The Hall–Kier alpha value is -3.65. The normalized spacial score (nSPS) is 17.8. The molecule has 1 fully saturated rings. The molecule has 1 aromatic heterocycles. The third kappa shape index (κ3) is 3.66. The maximum atomic E-state index is 13.0. The first-order valence-electron chi connectivity index (χ1n) is 10.5. The fourth-order valence-corrected chi connectivity index (χ4v) is 4.75. The third-order valence-corrected chi connectivity index (χ3v) is 6.33. The molecule has 0 bridgehead atoms. The minimum absolute atomic E-state index is 0.202. The van der Waals surface area contributed by atoms with Crippen LogP contribution in [-0.2, 0) is 23.2 Å². The number of hydrogen-bond acceptors (Lipinski definition) is 5. The molecule has 1 saturated heterocycles. The Balaban J connectivity index is 1.50. The number of nitrogens with zero attached hydrogens (tertiary/aromatic N) is 3. The number of methoxy groups -OCH3 is 1. The largest absolute Gasteiger partial charge is 0.497 e. The van der Waals surface area contributed by atoms with Crippen LogP contribution >= 0.6 is 11.6 Å². The number of fused-ring (bicyclic) bond motifs is 1. The molecular formula is C24H21ClN4O4. The van der Waals surface area contributed by atoms with Gasteiger partial charge < -0.3 is 14.2 Å². The zero-order chi connectivity index (χ0) is 23.3. The first kappa shape index (κ1) is 21.2. The zero-order valence-corrected chi connectivity index (χ0v) is 18.8. The minimum Gasteiger partial charge on any atom is -0.497 e. The van der Waals surface area contributed by atoms with E-state index in [0.29, 0.717) is 29.3 Å². The summed E-state index contributed by atoms with van der Waals surface area (Å²) in [7, 11) is 3.49. The van der Waals surface area contributed by atoms with Crippen LogP contribution in [0.15, 0.2) is 42.7 Å². The Labute approximate surface area is 195 Å². The molecular weight excluding hydrogens is 444 g/mol. The number of carbonyl (C=O) groups is 3. The highest BCUT2D eigenvalue weighted by Crippen LogP contribution is 2.37. The number of carbonyl (C=O) groups excluding carboxylic acids is 3.